The van der Waals surface area contributed by atoms with Crippen molar-refractivity contribution in [2.24, 2.45) is 11.7 Å². The molecule has 1 fully saturated rings. The summed E-state index contributed by atoms with van der Waals surface area (Å²) in [5.41, 5.74) is 5.25. The van der Waals surface area contributed by atoms with E-state index < -0.39 is 0 Å². The summed E-state index contributed by atoms with van der Waals surface area (Å²) in [5.74, 6) is 0.349. The molecule has 1 saturated heterocycles. The van der Waals surface area contributed by atoms with Crippen molar-refractivity contribution in [3.05, 3.63) is 0 Å². The molecule has 0 aromatic heterocycles. The van der Waals surface area contributed by atoms with Crippen LogP contribution in [0.1, 0.15) is 19.3 Å². The molecule has 1 aliphatic heterocycles. The molecule has 4 nitrogen and oxygen atoms in total. The predicted octanol–water partition coefficient (Wildman–Crippen LogP) is 0.205. The van der Waals surface area contributed by atoms with Crippen molar-refractivity contribution in [2.45, 2.75) is 19.3 Å². The number of ether oxygens (including phenoxy) is 1. The van der Waals surface area contributed by atoms with Crippen molar-refractivity contribution in [1.82, 2.24) is 5.32 Å². The van der Waals surface area contributed by atoms with Crippen LogP contribution in [0.25, 0.3) is 0 Å². The Morgan fingerprint density at radius 2 is 2.43 bits per heavy atom. The normalized spacial score (nSPS) is 21.6. The Bertz CT molecular complexity index is 215. The molecule has 1 aliphatic rings. The van der Waals surface area contributed by atoms with E-state index in [4.69, 9.17) is 10.5 Å². The fraction of sp³-hybridized carbons (Fsp3) is 0.778. The lowest BCUT2D eigenvalue weighted by Crippen LogP contribution is -2.34. The van der Waals surface area contributed by atoms with Crippen LogP contribution in [-0.4, -0.2) is 30.7 Å². The first-order chi connectivity index (χ1) is 6.68. The number of amides is 1. The molecule has 1 unspecified atom stereocenters. The predicted molar refractivity (Wildman–Crippen MR) is 58.0 cm³/mol. The van der Waals surface area contributed by atoms with Crippen LogP contribution in [0, 0.1) is 5.92 Å². The third kappa shape index (κ3) is 4.53. The molecular formula is C9H16N2O2S. The van der Waals surface area contributed by atoms with Gasteiger partial charge in [-0.05, 0) is 18.8 Å². The molecule has 80 valence electrons. The molecule has 0 radical (unpaired) electrons. The van der Waals surface area contributed by atoms with Gasteiger partial charge < -0.3 is 15.8 Å². The maximum Gasteiger partial charge on any atom is 0.226 e. The highest BCUT2D eigenvalue weighted by Gasteiger charge is 2.14. The van der Waals surface area contributed by atoms with Gasteiger partial charge in [-0.15, -0.1) is 0 Å². The van der Waals surface area contributed by atoms with Gasteiger partial charge >= 0.3 is 0 Å². The SMILES string of the molecule is NC(=S)CC(=O)NCC1CCCOC1. The standard InChI is InChI=1S/C9H16N2O2S/c10-8(14)4-9(12)11-5-7-2-1-3-13-6-7/h7H,1-6H2,(H2,10,14)(H,11,12). The maximum absolute atomic E-state index is 11.2. The van der Waals surface area contributed by atoms with E-state index in [1.54, 1.807) is 0 Å². The van der Waals surface area contributed by atoms with Crippen LogP contribution in [0.4, 0.5) is 0 Å². The van der Waals surface area contributed by atoms with Crippen LogP contribution < -0.4 is 11.1 Å². The number of nitrogens with two attached hydrogens (primary N) is 1. The summed E-state index contributed by atoms with van der Waals surface area (Å²) < 4.78 is 5.29. The second-order valence-electron chi connectivity index (χ2n) is 3.53. The van der Waals surface area contributed by atoms with E-state index in [2.05, 4.69) is 17.5 Å². The molecule has 0 bridgehead atoms. The minimum absolute atomic E-state index is 0.0944. The van der Waals surface area contributed by atoms with Gasteiger partial charge in [0.2, 0.25) is 5.91 Å². The van der Waals surface area contributed by atoms with Gasteiger partial charge in [0.15, 0.2) is 0 Å². The smallest absolute Gasteiger partial charge is 0.226 e. The minimum atomic E-state index is -0.0944. The van der Waals surface area contributed by atoms with Gasteiger partial charge in [0.25, 0.3) is 0 Å². The van der Waals surface area contributed by atoms with Crippen LogP contribution in [-0.2, 0) is 9.53 Å². The molecule has 1 amide bonds. The summed E-state index contributed by atoms with van der Waals surface area (Å²) in [6.45, 7) is 2.26. The molecule has 1 rings (SSSR count). The lowest BCUT2D eigenvalue weighted by molar-refractivity contribution is -0.120. The number of hydrogen-bond donors (Lipinski definition) is 2. The monoisotopic (exact) mass is 216 g/mol. The number of carbonyl (C=O) groups is 1. The Morgan fingerprint density at radius 3 is 3.00 bits per heavy atom. The maximum atomic E-state index is 11.2. The van der Waals surface area contributed by atoms with Crippen LogP contribution in [0.15, 0.2) is 0 Å². The first kappa shape index (κ1) is 11.4. The van der Waals surface area contributed by atoms with E-state index >= 15 is 0 Å². The summed E-state index contributed by atoms with van der Waals surface area (Å²) in [6.07, 6.45) is 2.34. The van der Waals surface area contributed by atoms with Crippen molar-refractivity contribution in [2.75, 3.05) is 19.8 Å². The average Bonchev–Trinajstić information content (AvgIpc) is 2.15. The van der Waals surface area contributed by atoms with E-state index in [1.807, 2.05) is 0 Å². The molecule has 0 saturated carbocycles. The van der Waals surface area contributed by atoms with E-state index in [9.17, 15) is 4.79 Å². The van der Waals surface area contributed by atoms with Gasteiger partial charge in [0.05, 0.1) is 18.0 Å². The van der Waals surface area contributed by atoms with Gasteiger partial charge in [0.1, 0.15) is 0 Å². The summed E-state index contributed by atoms with van der Waals surface area (Å²) in [4.78, 5) is 11.4. The highest BCUT2D eigenvalue weighted by Crippen LogP contribution is 2.11. The number of hydrogen-bond acceptors (Lipinski definition) is 3. The third-order valence-electron chi connectivity index (χ3n) is 2.18. The zero-order valence-electron chi connectivity index (χ0n) is 8.12. The molecule has 1 atom stereocenters. The highest BCUT2D eigenvalue weighted by atomic mass is 32.1. The molecule has 0 aliphatic carbocycles. The van der Waals surface area contributed by atoms with Crippen molar-refractivity contribution in [3.63, 3.8) is 0 Å². The first-order valence-corrected chi connectivity index (χ1v) is 5.22. The first-order valence-electron chi connectivity index (χ1n) is 4.81. The highest BCUT2D eigenvalue weighted by molar-refractivity contribution is 7.80. The second-order valence-corrected chi connectivity index (χ2v) is 4.05. The van der Waals surface area contributed by atoms with Gasteiger partial charge in [-0.25, -0.2) is 0 Å². The molecule has 5 heteroatoms. The average molecular weight is 216 g/mol. The lowest BCUT2D eigenvalue weighted by atomic mass is 10.0. The molecular weight excluding hydrogens is 200 g/mol. The Balaban J connectivity index is 2.12. The second kappa shape index (κ2) is 5.93. The quantitative estimate of drug-likeness (QED) is 0.659. The van der Waals surface area contributed by atoms with E-state index in [0.717, 1.165) is 26.1 Å². The zero-order valence-corrected chi connectivity index (χ0v) is 8.94. The lowest BCUT2D eigenvalue weighted by Gasteiger charge is -2.22. The van der Waals surface area contributed by atoms with Crippen LogP contribution in [0.2, 0.25) is 0 Å². The van der Waals surface area contributed by atoms with Crippen LogP contribution >= 0.6 is 12.2 Å². The molecule has 0 aromatic carbocycles. The Hall–Kier alpha value is -0.680. The number of nitrogens with one attached hydrogen (secondary N) is 1. The Labute approximate surface area is 89.2 Å². The van der Waals surface area contributed by atoms with Gasteiger partial charge in [-0.1, -0.05) is 12.2 Å². The Kier molecular flexibility index (Phi) is 4.82. The topological polar surface area (TPSA) is 64.4 Å². The van der Waals surface area contributed by atoms with Crippen molar-refractivity contribution >= 4 is 23.1 Å². The number of carbonyl (C=O) groups excluding carboxylic acids is 1. The molecule has 1 heterocycles. The van der Waals surface area contributed by atoms with E-state index in [-0.39, 0.29) is 17.3 Å². The van der Waals surface area contributed by atoms with Crippen molar-refractivity contribution in [1.29, 1.82) is 0 Å². The fourth-order valence-electron chi connectivity index (χ4n) is 1.45. The van der Waals surface area contributed by atoms with E-state index in [0.29, 0.717) is 12.5 Å². The van der Waals surface area contributed by atoms with Crippen molar-refractivity contribution < 1.29 is 9.53 Å². The summed E-state index contributed by atoms with van der Waals surface area (Å²) >= 11 is 4.63. The molecule has 3 N–H and O–H groups in total. The van der Waals surface area contributed by atoms with E-state index in [1.165, 1.54) is 0 Å². The summed E-state index contributed by atoms with van der Waals surface area (Å²) in [6, 6.07) is 0. The number of rotatable bonds is 4. The largest absolute Gasteiger partial charge is 0.393 e. The van der Waals surface area contributed by atoms with Crippen LogP contribution in [0.5, 0.6) is 0 Å². The zero-order chi connectivity index (χ0) is 10.4. The van der Waals surface area contributed by atoms with Gasteiger partial charge in [-0.3, -0.25) is 4.79 Å². The minimum Gasteiger partial charge on any atom is -0.393 e. The summed E-state index contributed by atoms with van der Waals surface area (Å²) in [7, 11) is 0. The molecule has 0 spiro atoms. The number of thiocarbonyl (C=S) groups is 1. The molecule has 0 aromatic rings. The Morgan fingerprint density at radius 1 is 1.64 bits per heavy atom. The van der Waals surface area contributed by atoms with Crippen LogP contribution in [0.3, 0.4) is 0 Å². The summed E-state index contributed by atoms with van der Waals surface area (Å²) in [5, 5.41) is 2.80. The van der Waals surface area contributed by atoms with Gasteiger partial charge in [-0.2, -0.15) is 0 Å². The molecule has 14 heavy (non-hydrogen) atoms. The van der Waals surface area contributed by atoms with Crippen molar-refractivity contribution in [3.8, 4) is 0 Å². The third-order valence-corrected chi connectivity index (χ3v) is 2.32. The fourth-order valence-corrected chi connectivity index (χ4v) is 1.58. The van der Waals surface area contributed by atoms with Gasteiger partial charge in [0, 0.05) is 13.2 Å².